The molecule has 2 aliphatic rings. The zero-order chi connectivity index (χ0) is 14.3. The Hall–Kier alpha value is -2.25. The van der Waals surface area contributed by atoms with Crippen LogP contribution in [0.25, 0.3) is 0 Å². The third-order valence-electron chi connectivity index (χ3n) is 3.64. The smallest absolute Gasteiger partial charge is 0.334 e. The van der Waals surface area contributed by atoms with Crippen molar-refractivity contribution >= 4 is 17.8 Å². The van der Waals surface area contributed by atoms with Gasteiger partial charge in [-0.2, -0.15) is 4.98 Å². The molecule has 0 aromatic carbocycles. The van der Waals surface area contributed by atoms with Gasteiger partial charge in [0, 0.05) is 6.04 Å². The number of urea groups is 1. The summed E-state index contributed by atoms with van der Waals surface area (Å²) >= 11 is 0. The zero-order valence-corrected chi connectivity index (χ0v) is 11.0. The minimum atomic E-state index is -0.822. The second-order valence-electron chi connectivity index (χ2n) is 5.02. The van der Waals surface area contributed by atoms with Crippen LogP contribution < -0.4 is 0 Å². The number of nitrogens with zero attached hydrogens (tertiary/aromatic N) is 4. The van der Waals surface area contributed by atoms with Gasteiger partial charge in [0.05, 0.1) is 0 Å². The van der Waals surface area contributed by atoms with Crippen molar-refractivity contribution in [3.05, 3.63) is 11.7 Å². The van der Waals surface area contributed by atoms with Crippen LogP contribution in [0.15, 0.2) is 4.52 Å². The molecule has 4 amide bonds. The highest BCUT2D eigenvalue weighted by atomic mass is 16.5. The molecular weight excluding hydrogens is 264 g/mol. The van der Waals surface area contributed by atoms with Crippen LogP contribution >= 0.6 is 0 Å². The Morgan fingerprint density at radius 2 is 1.90 bits per heavy atom. The van der Waals surface area contributed by atoms with E-state index in [9.17, 15) is 14.4 Å². The van der Waals surface area contributed by atoms with E-state index in [1.807, 2.05) is 0 Å². The number of aryl methyl sites for hydroxylation is 1. The van der Waals surface area contributed by atoms with Crippen LogP contribution in [0.5, 0.6) is 0 Å². The van der Waals surface area contributed by atoms with Gasteiger partial charge in [-0.05, 0) is 19.8 Å². The van der Waals surface area contributed by atoms with E-state index < -0.39 is 17.8 Å². The molecule has 2 heterocycles. The molecule has 8 heteroatoms. The van der Waals surface area contributed by atoms with Crippen LogP contribution in [-0.2, 0) is 16.1 Å². The predicted molar refractivity (Wildman–Crippen MR) is 64.1 cm³/mol. The van der Waals surface area contributed by atoms with Gasteiger partial charge in [0.1, 0.15) is 6.54 Å². The largest absolute Gasteiger partial charge is 0.337 e. The Kier molecular flexibility index (Phi) is 3.00. The maximum Gasteiger partial charge on any atom is 0.334 e. The van der Waals surface area contributed by atoms with Crippen LogP contribution in [0, 0.1) is 6.92 Å². The molecule has 3 rings (SSSR count). The highest BCUT2D eigenvalue weighted by Crippen LogP contribution is 2.28. The molecule has 1 aliphatic heterocycles. The predicted octanol–water partition coefficient (Wildman–Crippen LogP) is 0.611. The molecule has 0 atom stereocenters. The number of hydrogen-bond donors (Lipinski definition) is 0. The normalized spacial score (nSPS) is 20.6. The van der Waals surface area contributed by atoms with Crippen LogP contribution in [-0.4, -0.2) is 43.8 Å². The van der Waals surface area contributed by atoms with Crippen molar-refractivity contribution in [2.45, 2.75) is 45.2 Å². The highest BCUT2D eigenvalue weighted by Gasteiger charge is 2.48. The second kappa shape index (κ2) is 4.69. The summed E-state index contributed by atoms with van der Waals surface area (Å²) in [5, 5.41) is 3.59. The Morgan fingerprint density at radius 3 is 2.50 bits per heavy atom. The van der Waals surface area contributed by atoms with Crippen LogP contribution in [0.1, 0.15) is 37.4 Å². The summed E-state index contributed by atoms with van der Waals surface area (Å²) in [4.78, 5) is 42.0. The number of carbonyl (C=O) groups is 3. The summed E-state index contributed by atoms with van der Waals surface area (Å²) < 4.78 is 4.88. The molecule has 1 aromatic heterocycles. The Balaban J connectivity index is 1.80. The SMILES string of the molecule is Cc1noc(CN2C(=O)C(=O)N(C3CCCC3)C2=O)n1. The molecule has 0 bridgehead atoms. The summed E-state index contributed by atoms with van der Waals surface area (Å²) in [6, 6.07) is -0.740. The summed E-state index contributed by atoms with van der Waals surface area (Å²) in [5.74, 6) is -1.01. The van der Waals surface area contributed by atoms with Gasteiger partial charge in [-0.15, -0.1) is 0 Å². The Labute approximate surface area is 114 Å². The highest BCUT2D eigenvalue weighted by molar-refractivity contribution is 6.44. The van der Waals surface area contributed by atoms with Crippen molar-refractivity contribution < 1.29 is 18.9 Å². The minimum absolute atomic E-state index is 0.144. The van der Waals surface area contributed by atoms with Crippen molar-refractivity contribution in [1.82, 2.24) is 19.9 Å². The molecule has 1 saturated heterocycles. The number of imide groups is 2. The van der Waals surface area contributed by atoms with Gasteiger partial charge in [0.2, 0.25) is 5.89 Å². The van der Waals surface area contributed by atoms with Crippen molar-refractivity contribution in [2.24, 2.45) is 0 Å². The van der Waals surface area contributed by atoms with Gasteiger partial charge >= 0.3 is 17.8 Å². The lowest BCUT2D eigenvalue weighted by Gasteiger charge is -2.20. The minimum Gasteiger partial charge on any atom is -0.337 e. The average Bonchev–Trinajstić information content (AvgIpc) is 3.10. The maximum absolute atomic E-state index is 12.2. The molecule has 0 radical (unpaired) electrons. The van der Waals surface area contributed by atoms with Crippen LogP contribution in [0.2, 0.25) is 0 Å². The number of rotatable bonds is 3. The van der Waals surface area contributed by atoms with E-state index in [0.29, 0.717) is 5.82 Å². The van der Waals surface area contributed by atoms with Gasteiger partial charge in [0.25, 0.3) is 0 Å². The molecule has 0 spiro atoms. The quantitative estimate of drug-likeness (QED) is 0.593. The third kappa shape index (κ3) is 1.97. The number of amides is 4. The van der Waals surface area contributed by atoms with Gasteiger partial charge in [0.15, 0.2) is 5.82 Å². The second-order valence-corrected chi connectivity index (χ2v) is 5.02. The number of aromatic nitrogens is 2. The number of hydrogen-bond acceptors (Lipinski definition) is 6. The zero-order valence-electron chi connectivity index (χ0n) is 11.0. The van der Waals surface area contributed by atoms with Gasteiger partial charge < -0.3 is 4.52 Å². The lowest BCUT2D eigenvalue weighted by atomic mass is 10.2. The molecule has 0 unspecified atom stereocenters. The molecule has 8 nitrogen and oxygen atoms in total. The van der Waals surface area contributed by atoms with Gasteiger partial charge in [-0.3, -0.25) is 14.5 Å². The standard InChI is InChI=1S/C12H14N4O4/c1-7-13-9(20-14-7)6-15-10(17)11(18)16(12(15)19)8-4-2-3-5-8/h8H,2-6H2,1H3. The summed E-state index contributed by atoms with van der Waals surface area (Å²) in [6.07, 6.45) is 3.47. The van der Waals surface area contributed by atoms with Crippen molar-refractivity contribution in [1.29, 1.82) is 0 Å². The first-order valence-corrected chi connectivity index (χ1v) is 6.56. The molecule has 1 aliphatic carbocycles. The van der Waals surface area contributed by atoms with E-state index in [2.05, 4.69) is 10.1 Å². The van der Waals surface area contributed by atoms with Crippen molar-refractivity contribution in [3.63, 3.8) is 0 Å². The first-order chi connectivity index (χ1) is 9.58. The fraction of sp³-hybridized carbons (Fsp3) is 0.583. The molecule has 1 saturated carbocycles. The van der Waals surface area contributed by atoms with E-state index in [-0.39, 0.29) is 18.5 Å². The lowest BCUT2D eigenvalue weighted by molar-refractivity contribution is -0.144. The topological polar surface area (TPSA) is 96.6 Å². The molecule has 1 aromatic rings. The van der Waals surface area contributed by atoms with E-state index >= 15 is 0 Å². The first kappa shape index (κ1) is 12.8. The van der Waals surface area contributed by atoms with Gasteiger partial charge in [-0.25, -0.2) is 9.69 Å². The van der Waals surface area contributed by atoms with E-state index in [1.165, 1.54) is 0 Å². The molecule has 2 fully saturated rings. The average molecular weight is 278 g/mol. The Bertz CT molecular complexity index is 576. The van der Waals surface area contributed by atoms with E-state index in [0.717, 1.165) is 35.5 Å². The van der Waals surface area contributed by atoms with Crippen molar-refractivity contribution in [3.8, 4) is 0 Å². The van der Waals surface area contributed by atoms with E-state index in [4.69, 9.17) is 4.52 Å². The molecule has 106 valence electrons. The van der Waals surface area contributed by atoms with Crippen LogP contribution in [0.4, 0.5) is 4.79 Å². The lowest BCUT2D eigenvalue weighted by Crippen LogP contribution is -2.39. The summed E-state index contributed by atoms with van der Waals surface area (Å²) in [6.45, 7) is 1.48. The Morgan fingerprint density at radius 1 is 1.20 bits per heavy atom. The third-order valence-corrected chi connectivity index (χ3v) is 3.64. The fourth-order valence-corrected chi connectivity index (χ4v) is 2.69. The molecular formula is C12H14N4O4. The molecule has 20 heavy (non-hydrogen) atoms. The monoisotopic (exact) mass is 278 g/mol. The number of carbonyl (C=O) groups excluding carboxylic acids is 3. The first-order valence-electron chi connectivity index (χ1n) is 6.56. The van der Waals surface area contributed by atoms with Crippen molar-refractivity contribution in [2.75, 3.05) is 0 Å². The maximum atomic E-state index is 12.2. The summed E-state index contributed by atoms with van der Waals surface area (Å²) in [5.41, 5.74) is 0. The van der Waals surface area contributed by atoms with E-state index in [1.54, 1.807) is 6.92 Å². The molecule has 0 N–H and O–H groups in total. The fourth-order valence-electron chi connectivity index (χ4n) is 2.69. The summed E-state index contributed by atoms with van der Waals surface area (Å²) in [7, 11) is 0. The van der Waals surface area contributed by atoms with Crippen LogP contribution in [0.3, 0.4) is 0 Å². The van der Waals surface area contributed by atoms with Gasteiger partial charge in [-0.1, -0.05) is 18.0 Å².